The molecule has 0 radical (unpaired) electrons. The fourth-order valence-electron chi connectivity index (χ4n) is 3.51. The molecule has 2 fully saturated rings. The molecule has 0 bridgehead atoms. The van der Waals surface area contributed by atoms with E-state index >= 15 is 0 Å². The highest BCUT2D eigenvalue weighted by Crippen LogP contribution is 2.41. The molecule has 1 aliphatic carbocycles. The van der Waals surface area contributed by atoms with E-state index in [9.17, 15) is 13.2 Å². The zero-order valence-electron chi connectivity index (χ0n) is 11.1. The quantitative estimate of drug-likeness (QED) is 0.862. The first-order valence-electron chi connectivity index (χ1n) is 6.98. The van der Waals surface area contributed by atoms with Crippen LogP contribution in [-0.4, -0.2) is 24.1 Å². The molecule has 0 aromatic carbocycles. The number of anilines is 1. The molecular weight excluding hydrogens is 267 g/mol. The highest BCUT2D eigenvalue weighted by Gasteiger charge is 2.41. The fraction of sp³-hybridized carbons (Fsp3) is 0.643. The molecule has 1 saturated carbocycles. The van der Waals surface area contributed by atoms with Crippen LogP contribution in [0.4, 0.5) is 19.0 Å². The Morgan fingerprint density at radius 2 is 1.95 bits per heavy atom. The third-order valence-electron chi connectivity index (χ3n) is 4.48. The smallest absolute Gasteiger partial charge is 0.356 e. The summed E-state index contributed by atoms with van der Waals surface area (Å²) in [5, 5.41) is 0. The van der Waals surface area contributed by atoms with Crippen molar-refractivity contribution in [2.24, 2.45) is 17.6 Å². The van der Waals surface area contributed by atoms with Crippen LogP contribution in [0.25, 0.3) is 0 Å². The lowest BCUT2D eigenvalue weighted by Crippen LogP contribution is -2.32. The highest BCUT2D eigenvalue weighted by molar-refractivity contribution is 5.49. The van der Waals surface area contributed by atoms with Gasteiger partial charge < -0.3 is 10.6 Å². The summed E-state index contributed by atoms with van der Waals surface area (Å²) in [7, 11) is 0. The number of nitrogens with two attached hydrogens (primary N) is 1. The number of nitrogens with zero attached hydrogens (tertiary/aromatic N) is 2. The number of fused-ring (bicyclic) bond motifs is 1. The van der Waals surface area contributed by atoms with Gasteiger partial charge in [-0.3, -0.25) is 0 Å². The van der Waals surface area contributed by atoms with E-state index in [1.807, 2.05) is 0 Å². The maximum atomic E-state index is 13.0. The van der Waals surface area contributed by atoms with Crippen LogP contribution in [0, 0.1) is 11.8 Å². The van der Waals surface area contributed by atoms with E-state index in [2.05, 4.69) is 4.98 Å². The maximum absolute atomic E-state index is 13.0. The van der Waals surface area contributed by atoms with Crippen molar-refractivity contribution in [3.8, 4) is 0 Å². The van der Waals surface area contributed by atoms with Crippen LogP contribution < -0.4 is 10.6 Å². The Balaban J connectivity index is 1.85. The summed E-state index contributed by atoms with van der Waals surface area (Å²) < 4.78 is 39.1. The van der Waals surface area contributed by atoms with E-state index in [0.717, 1.165) is 25.3 Å². The normalized spacial score (nSPS) is 30.4. The average molecular weight is 285 g/mol. The number of alkyl halides is 3. The van der Waals surface area contributed by atoms with Crippen LogP contribution in [0.3, 0.4) is 0 Å². The van der Waals surface area contributed by atoms with Gasteiger partial charge in [-0.05, 0) is 43.2 Å². The number of pyridine rings is 1. The Morgan fingerprint density at radius 3 is 2.70 bits per heavy atom. The van der Waals surface area contributed by atoms with Gasteiger partial charge >= 0.3 is 6.18 Å². The number of hydrogen-bond acceptors (Lipinski definition) is 3. The largest absolute Gasteiger partial charge is 0.419 e. The molecule has 1 unspecified atom stereocenters. The van der Waals surface area contributed by atoms with Crippen molar-refractivity contribution in [3.63, 3.8) is 0 Å². The number of aromatic nitrogens is 1. The molecule has 0 amide bonds. The molecule has 1 aliphatic heterocycles. The van der Waals surface area contributed by atoms with Crippen LogP contribution in [0.15, 0.2) is 18.3 Å². The van der Waals surface area contributed by atoms with Gasteiger partial charge in [-0.2, -0.15) is 13.2 Å². The van der Waals surface area contributed by atoms with Gasteiger partial charge in [0.1, 0.15) is 5.82 Å². The van der Waals surface area contributed by atoms with Crippen molar-refractivity contribution in [1.82, 2.24) is 4.98 Å². The first kappa shape index (κ1) is 13.7. The Labute approximate surface area is 116 Å². The van der Waals surface area contributed by atoms with E-state index in [0.29, 0.717) is 24.9 Å². The van der Waals surface area contributed by atoms with Gasteiger partial charge in [-0.25, -0.2) is 4.98 Å². The van der Waals surface area contributed by atoms with Crippen molar-refractivity contribution in [2.75, 3.05) is 18.0 Å². The van der Waals surface area contributed by atoms with E-state index in [-0.39, 0.29) is 11.9 Å². The zero-order valence-corrected chi connectivity index (χ0v) is 11.1. The van der Waals surface area contributed by atoms with Crippen molar-refractivity contribution >= 4 is 5.82 Å². The molecule has 1 aromatic heterocycles. The van der Waals surface area contributed by atoms with Crippen molar-refractivity contribution in [3.05, 3.63) is 23.9 Å². The number of halogens is 3. The minimum absolute atomic E-state index is 0.0722. The van der Waals surface area contributed by atoms with Gasteiger partial charge in [0.2, 0.25) is 0 Å². The summed E-state index contributed by atoms with van der Waals surface area (Å²) in [5.41, 5.74) is 5.32. The molecule has 2 aliphatic rings. The number of rotatable bonds is 1. The lowest BCUT2D eigenvalue weighted by Gasteiger charge is -2.27. The third-order valence-corrected chi connectivity index (χ3v) is 4.48. The average Bonchev–Trinajstić information content (AvgIpc) is 2.80. The van der Waals surface area contributed by atoms with E-state index in [4.69, 9.17) is 5.73 Å². The molecule has 3 nitrogen and oxygen atoms in total. The van der Waals surface area contributed by atoms with Crippen LogP contribution in [0.2, 0.25) is 0 Å². The SMILES string of the molecule is NC1CC[C@@H]2CN(c3ncccc3C(F)(F)F)C[C@@H]2C1. The molecule has 2 N–H and O–H groups in total. The highest BCUT2D eigenvalue weighted by atomic mass is 19.4. The van der Waals surface area contributed by atoms with Gasteiger partial charge in [-0.15, -0.1) is 0 Å². The Hall–Kier alpha value is -1.30. The van der Waals surface area contributed by atoms with Gasteiger partial charge in [0.15, 0.2) is 0 Å². The summed E-state index contributed by atoms with van der Waals surface area (Å²) in [4.78, 5) is 5.77. The lowest BCUT2D eigenvalue weighted by molar-refractivity contribution is -0.137. The molecule has 0 spiro atoms. The van der Waals surface area contributed by atoms with Crippen LogP contribution in [-0.2, 0) is 6.18 Å². The minimum Gasteiger partial charge on any atom is -0.356 e. The predicted molar refractivity (Wildman–Crippen MR) is 70.3 cm³/mol. The zero-order chi connectivity index (χ0) is 14.3. The molecule has 3 atom stereocenters. The standard InChI is InChI=1S/C14H18F3N3/c15-14(16,17)12-2-1-5-19-13(12)20-7-9-3-4-11(18)6-10(9)8-20/h1-2,5,9-11H,3-4,6-8,18H2/t9-,10+,11?/m1/s1. The maximum Gasteiger partial charge on any atom is 0.419 e. The summed E-state index contributed by atoms with van der Waals surface area (Å²) in [6, 6.07) is 2.64. The van der Waals surface area contributed by atoms with Crippen molar-refractivity contribution in [1.29, 1.82) is 0 Å². The van der Waals surface area contributed by atoms with Crippen molar-refractivity contribution < 1.29 is 13.2 Å². The Morgan fingerprint density at radius 1 is 1.20 bits per heavy atom. The Bertz CT molecular complexity index is 489. The third kappa shape index (κ3) is 2.49. The van der Waals surface area contributed by atoms with Gasteiger partial charge in [0.25, 0.3) is 0 Å². The van der Waals surface area contributed by atoms with Gasteiger partial charge in [0, 0.05) is 25.3 Å². The molecular formula is C14H18F3N3. The molecule has 6 heteroatoms. The molecule has 20 heavy (non-hydrogen) atoms. The predicted octanol–water partition coefficient (Wildman–Crippen LogP) is 2.66. The summed E-state index contributed by atoms with van der Waals surface area (Å²) in [6.07, 6.45) is -0.0265. The molecule has 2 heterocycles. The summed E-state index contributed by atoms with van der Waals surface area (Å²) in [6.45, 7) is 1.30. The molecule has 3 rings (SSSR count). The monoisotopic (exact) mass is 285 g/mol. The second-order valence-electron chi connectivity index (χ2n) is 5.87. The summed E-state index contributed by atoms with van der Waals surface area (Å²) >= 11 is 0. The van der Waals surface area contributed by atoms with Crippen LogP contribution in [0.1, 0.15) is 24.8 Å². The molecule has 1 saturated heterocycles. The topological polar surface area (TPSA) is 42.1 Å². The second kappa shape index (κ2) is 4.91. The molecule has 1 aromatic rings. The van der Waals surface area contributed by atoms with Crippen LogP contribution >= 0.6 is 0 Å². The van der Waals surface area contributed by atoms with Gasteiger partial charge in [-0.1, -0.05) is 0 Å². The minimum atomic E-state index is -4.35. The lowest BCUT2D eigenvalue weighted by atomic mass is 9.79. The fourth-order valence-corrected chi connectivity index (χ4v) is 3.51. The van der Waals surface area contributed by atoms with E-state index in [1.165, 1.54) is 12.3 Å². The van der Waals surface area contributed by atoms with Crippen molar-refractivity contribution in [2.45, 2.75) is 31.5 Å². The van der Waals surface area contributed by atoms with E-state index in [1.54, 1.807) is 4.90 Å². The van der Waals surface area contributed by atoms with E-state index < -0.39 is 11.7 Å². The molecule has 110 valence electrons. The first-order chi connectivity index (χ1) is 9.45. The Kier molecular flexibility index (Phi) is 3.36. The van der Waals surface area contributed by atoms with Gasteiger partial charge in [0.05, 0.1) is 5.56 Å². The first-order valence-corrected chi connectivity index (χ1v) is 6.98. The number of hydrogen-bond donors (Lipinski definition) is 1. The van der Waals surface area contributed by atoms with Crippen LogP contribution in [0.5, 0.6) is 0 Å². The second-order valence-corrected chi connectivity index (χ2v) is 5.87. The summed E-state index contributed by atoms with van der Waals surface area (Å²) in [5.74, 6) is 0.933.